The van der Waals surface area contributed by atoms with Gasteiger partial charge in [0, 0.05) is 0 Å². The highest BCUT2D eigenvalue weighted by Crippen LogP contribution is 2.09. The van der Waals surface area contributed by atoms with Gasteiger partial charge < -0.3 is 9.15 Å². The summed E-state index contributed by atoms with van der Waals surface area (Å²) in [5.41, 5.74) is 1.10. The molecule has 0 aliphatic rings. The van der Waals surface area contributed by atoms with Crippen LogP contribution in [0, 0.1) is 19.3 Å². The maximum atomic E-state index is 5.12. The maximum absolute atomic E-state index is 5.12. The molecule has 0 unspecified atom stereocenters. The van der Waals surface area contributed by atoms with Gasteiger partial charge in [0.1, 0.15) is 19.0 Å². The third-order valence-corrected chi connectivity index (χ3v) is 1.39. The number of furan rings is 1. The van der Waals surface area contributed by atoms with Gasteiger partial charge in [0.15, 0.2) is 0 Å². The van der Waals surface area contributed by atoms with E-state index in [0.29, 0.717) is 13.2 Å². The third kappa shape index (κ3) is 2.14. The predicted molar refractivity (Wildman–Crippen MR) is 41.9 cm³/mol. The van der Waals surface area contributed by atoms with Crippen molar-refractivity contribution in [3.63, 3.8) is 0 Å². The molecule has 0 atom stereocenters. The molecule has 0 aliphatic heterocycles. The minimum absolute atomic E-state index is 0.333. The maximum Gasteiger partial charge on any atom is 0.132 e. The number of hydrogen-bond acceptors (Lipinski definition) is 2. The quantitative estimate of drug-likeness (QED) is 0.483. The Morgan fingerprint density at radius 1 is 1.73 bits per heavy atom. The normalized spacial score (nSPS) is 9.45. The zero-order valence-corrected chi connectivity index (χ0v) is 6.46. The summed E-state index contributed by atoms with van der Waals surface area (Å²) in [4.78, 5) is 0. The second-order valence-corrected chi connectivity index (χ2v) is 2.22. The van der Waals surface area contributed by atoms with E-state index in [1.54, 1.807) is 6.26 Å². The zero-order chi connectivity index (χ0) is 8.10. The minimum atomic E-state index is 0.333. The van der Waals surface area contributed by atoms with Crippen LogP contribution in [0.5, 0.6) is 0 Å². The van der Waals surface area contributed by atoms with Crippen LogP contribution < -0.4 is 0 Å². The average Bonchev–Trinajstić information content (AvgIpc) is 2.37. The van der Waals surface area contributed by atoms with Gasteiger partial charge >= 0.3 is 0 Å². The molecule has 11 heavy (non-hydrogen) atoms. The summed E-state index contributed by atoms with van der Waals surface area (Å²) in [6, 6.07) is 1.90. The van der Waals surface area contributed by atoms with E-state index in [9.17, 15) is 0 Å². The van der Waals surface area contributed by atoms with Crippen LogP contribution in [0.3, 0.4) is 0 Å². The molecule has 0 saturated carbocycles. The molecule has 58 valence electrons. The van der Waals surface area contributed by atoms with E-state index in [2.05, 4.69) is 5.92 Å². The van der Waals surface area contributed by atoms with Gasteiger partial charge in [-0.1, -0.05) is 5.92 Å². The molecule has 0 aliphatic carbocycles. The van der Waals surface area contributed by atoms with Crippen molar-refractivity contribution in [2.75, 3.05) is 6.61 Å². The minimum Gasteiger partial charge on any atom is -0.467 e. The highest BCUT2D eigenvalue weighted by atomic mass is 16.5. The SMILES string of the molecule is C#CCOCc1occc1C. The Morgan fingerprint density at radius 3 is 3.09 bits per heavy atom. The molecule has 0 amide bonds. The van der Waals surface area contributed by atoms with E-state index in [-0.39, 0.29) is 0 Å². The summed E-state index contributed by atoms with van der Waals surface area (Å²) in [6.07, 6.45) is 6.64. The lowest BCUT2D eigenvalue weighted by Crippen LogP contribution is -1.92. The van der Waals surface area contributed by atoms with Crippen molar-refractivity contribution in [2.24, 2.45) is 0 Å². The molecule has 0 saturated heterocycles. The predicted octanol–water partition coefficient (Wildman–Crippen LogP) is 1.74. The van der Waals surface area contributed by atoms with E-state index in [1.807, 2.05) is 13.0 Å². The topological polar surface area (TPSA) is 22.4 Å². The fourth-order valence-electron chi connectivity index (χ4n) is 0.755. The molecular weight excluding hydrogens is 140 g/mol. The first kappa shape index (κ1) is 7.90. The smallest absolute Gasteiger partial charge is 0.132 e. The van der Waals surface area contributed by atoms with Crippen molar-refractivity contribution in [1.29, 1.82) is 0 Å². The van der Waals surface area contributed by atoms with Gasteiger partial charge in [-0.05, 0) is 18.6 Å². The monoisotopic (exact) mass is 150 g/mol. The van der Waals surface area contributed by atoms with Crippen molar-refractivity contribution < 1.29 is 9.15 Å². The lowest BCUT2D eigenvalue weighted by molar-refractivity contribution is 0.135. The summed E-state index contributed by atoms with van der Waals surface area (Å²) in [6.45, 7) is 2.77. The largest absolute Gasteiger partial charge is 0.467 e. The number of rotatable bonds is 3. The molecule has 1 aromatic rings. The van der Waals surface area contributed by atoms with E-state index < -0.39 is 0 Å². The molecule has 1 heterocycles. The van der Waals surface area contributed by atoms with Crippen molar-refractivity contribution >= 4 is 0 Å². The second-order valence-electron chi connectivity index (χ2n) is 2.22. The van der Waals surface area contributed by atoms with E-state index >= 15 is 0 Å². The summed E-state index contributed by atoms with van der Waals surface area (Å²) >= 11 is 0. The van der Waals surface area contributed by atoms with Crippen LogP contribution in [0.2, 0.25) is 0 Å². The number of aryl methyl sites for hydroxylation is 1. The van der Waals surface area contributed by atoms with Gasteiger partial charge in [-0.2, -0.15) is 0 Å². The van der Waals surface area contributed by atoms with E-state index in [4.69, 9.17) is 15.6 Å². The molecule has 0 N–H and O–H groups in total. The first-order chi connectivity index (χ1) is 5.34. The summed E-state index contributed by atoms with van der Waals surface area (Å²) < 4.78 is 10.2. The molecule has 0 fully saturated rings. The van der Waals surface area contributed by atoms with Gasteiger partial charge in [-0.3, -0.25) is 0 Å². The van der Waals surface area contributed by atoms with Gasteiger partial charge in [-0.15, -0.1) is 6.42 Å². The van der Waals surface area contributed by atoms with Crippen molar-refractivity contribution in [2.45, 2.75) is 13.5 Å². The Kier molecular flexibility index (Phi) is 2.76. The van der Waals surface area contributed by atoms with Gasteiger partial charge in [0.25, 0.3) is 0 Å². The molecular formula is C9H10O2. The lowest BCUT2D eigenvalue weighted by Gasteiger charge is -1.96. The average molecular weight is 150 g/mol. The second kappa shape index (κ2) is 3.85. The summed E-state index contributed by atoms with van der Waals surface area (Å²) in [7, 11) is 0. The van der Waals surface area contributed by atoms with Crippen molar-refractivity contribution in [1.82, 2.24) is 0 Å². The lowest BCUT2D eigenvalue weighted by atomic mass is 10.3. The fourth-order valence-corrected chi connectivity index (χ4v) is 0.755. The van der Waals surface area contributed by atoms with Gasteiger partial charge in [0.2, 0.25) is 0 Å². The van der Waals surface area contributed by atoms with E-state index in [1.165, 1.54) is 0 Å². The Hall–Kier alpha value is -1.20. The van der Waals surface area contributed by atoms with Crippen molar-refractivity contribution in [3.8, 4) is 12.3 Å². The molecule has 2 nitrogen and oxygen atoms in total. The molecule has 1 rings (SSSR count). The highest BCUT2D eigenvalue weighted by molar-refractivity contribution is 5.13. The van der Waals surface area contributed by atoms with Crippen LogP contribution in [0.25, 0.3) is 0 Å². The number of terminal acetylenes is 1. The van der Waals surface area contributed by atoms with Gasteiger partial charge in [0.05, 0.1) is 6.26 Å². The number of ether oxygens (including phenoxy) is 1. The highest BCUT2D eigenvalue weighted by Gasteiger charge is 1.99. The van der Waals surface area contributed by atoms with Crippen LogP contribution in [0.15, 0.2) is 16.7 Å². The number of hydrogen-bond donors (Lipinski definition) is 0. The molecule has 2 heteroatoms. The fraction of sp³-hybridized carbons (Fsp3) is 0.333. The Balaban J connectivity index is 2.40. The van der Waals surface area contributed by atoms with Crippen LogP contribution in [-0.4, -0.2) is 6.61 Å². The standard InChI is InChI=1S/C9H10O2/c1-3-5-10-7-9-8(2)4-6-11-9/h1,4,6H,5,7H2,2H3. The van der Waals surface area contributed by atoms with Crippen LogP contribution >= 0.6 is 0 Å². The van der Waals surface area contributed by atoms with Crippen LogP contribution in [0.4, 0.5) is 0 Å². The van der Waals surface area contributed by atoms with Crippen molar-refractivity contribution in [3.05, 3.63) is 23.7 Å². The van der Waals surface area contributed by atoms with Crippen LogP contribution in [-0.2, 0) is 11.3 Å². The summed E-state index contributed by atoms with van der Waals surface area (Å²) in [5.74, 6) is 3.23. The Morgan fingerprint density at radius 2 is 2.55 bits per heavy atom. The molecule has 0 radical (unpaired) electrons. The molecule has 1 aromatic heterocycles. The first-order valence-electron chi connectivity index (χ1n) is 3.38. The Labute approximate surface area is 66.2 Å². The molecule has 0 spiro atoms. The zero-order valence-electron chi connectivity index (χ0n) is 6.46. The summed E-state index contributed by atoms with van der Waals surface area (Å²) in [5, 5.41) is 0. The van der Waals surface area contributed by atoms with Gasteiger partial charge in [-0.25, -0.2) is 0 Å². The van der Waals surface area contributed by atoms with Crippen LogP contribution in [0.1, 0.15) is 11.3 Å². The Bertz CT molecular complexity index is 255. The van der Waals surface area contributed by atoms with E-state index in [0.717, 1.165) is 11.3 Å². The molecule has 0 aromatic carbocycles. The first-order valence-corrected chi connectivity index (χ1v) is 3.38. The third-order valence-electron chi connectivity index (χ3n) is 1.39. The molecule has 0 bridgehead atoms.